The summed E-state index contributed by atoms with van der Waals surface area (Å²) in [5.41, 5.74) is 2.03. The van der Waals surface area contributed by atoms with Gasteiger partial charge in [0.15, 0.2) is 0 Å². The second kappa shape index (κ2) is 11.2. The summed E-state index contributed by atoms with van der Waals surface area (Å²) in [6.07, 6.45) is 3.10. The molecule has 3 rings (SSSR count). The van der Waals surface area contributed by atoms with E-state index in [0.29, 0.717) is 24.4 Å². The number of nitrogens with one attached hydrogen (secondary N) is 3. The maximum Gasteiger partial charge on any atom is 0.251 e. The van der Waals surface area contributed by atoms with Gasteiger partial charge in [-0.25, -0.2) is 0 Å². The average Bonchev–Trinajstić information content (AvgIpc) is 3.29. The number of anilines is 2. The normalized spacial score (nSPS) is 15.4. The second-order valence-electron chi connectivity index (χ2n) is 7.20. The van der Waals surface area contributed by atoms with Crippen molar-refractivity contribution < 1.29 is 19.1 Å². The number of benzene rings is 2. The van der Waals surface area contributed by atoms with Crippen LogP contribution >= 0.6 is 0 Å². The lowest BCUT2D eigenvalue weighted by atomic mass is 10.2. The smallest absolute Gasteiger partial charge is 0.251 e. The van der Waals surface area contributed by atoms with Gasteiger partial charge in [-0.1, -0.05) is 6.92 Å². The van der Waals surface area contributed by atoms with Crippen LogP contribution in [0, 0.1) is 0 Å². The standard InChI is InChI=1S/C23H29N3O4/c1-2-13-29-20-11-9-18(10-12-20)24-16-22(27)26-19-7-5-17(6-8-19)23(28)25-15-21-4-3-14-30-21/h5-12,21,24H,2-4,13-16H2,1H3,(H,25,28)(H,26,27). The van der Waals surface area contributed by atoms with Crippen LogP contribution in [-0.4, -0.2) is 44.2 Å². The molecule has 0 saturated carbocycles. The summed E-state index contributed by atoms with van der Waals surface area (Å²) >= 11 is 0. The molecule has 0 radical (unpaired) electrons. The molecular formula is C23H29N3O4. The number of hydrogen-bond donors (Lipinski definition) is 3. The first-order valence-electron chi connectivity index (χ1n) is 10.4. The van der Waals surface area contributed by atoms with E-state index in [2.05, 4.69) is 22.9 Å². The van der Waals surface area contributed by atoms with Crippen LogP contribution in [-0.2, 0) is 9.53 Å². The first-order chi connectivity index (χ1) is 14.6. The second-order valence-corrected chi connectivity index (χ2v) is 7.20. The predicted molar refractivity (Wildman–Crippen MR) is 117 cm³/mol. The van der Waals surface area contributed by atoms with E-state index >= 15 is 0 Å². The summed E-state index contributed by atoms with van der Waals surface area (Å²) in [6.45, 7) is 4.17. The maximum absolute atomic E-state index is 12.2. The molecule has 0 aromatic heterocycles. The van der Waals surface area contributed by atoms with Crippen molar-refractivity contribution in [3.8, 4) is 5.75 Å². The van der Waals surface area contributed by atoms with Gasteiger partial charge in [0.05, 0.1) is 19.3 Å². The number of amides is 2. The van der Waals surface area contributed by atoms with Crippen molar-refractivity contribution in [1.82, 2.24) is 5.32 Å². The first kappa shape index (κ1) is 21.6. The average molecular weight is 412 g/mol. The summed E-state index contributed by atoms with van der Waals surface area (Å²) in [7, 11) is 0. The quantitative estimate of drug-likeness (QED) is 0.557. The molecule has 3 N–H and O–H groups in total. The molecule has 0 bridgehead atoms. The van der Waals surface area contributed by atoms with E-state index in [-0.39, 0.29) is 24.5 Å². The number of rotatable bonds is 10. The third-order valence-corrected chi connectivity index (χ3v) is 4.73. The molecule has 1 unspecified atom stereocenters. The predicted octanol–water partition coefficient (Wildman–Crippen LogP) is 3.43. The highest BCUT2D eigenvalue weighted by Gasteiger charge is 2.16. The summed E-state index contributed by atoms with van der Waals surface area (Å²) in [5, 5.41) is 8.78. The topological polar surface area (TPSA) is 88.7 Å². The lowest BCUT2D eigenvalue weighted by molar-refractivity contribution is -0.114. The monoisotopic (exact) mass is 411 g/mol. The van der Waals surface area contributed by atoms with Crippen LogP contribution in [0.15, 0.2) is 48.5 Å². The van der Waals surface area contributed by atoms with Crippen LogP contribution in [0.3, 0.4) is 0 Å². The van der Waals surface area contributed by atoms with E-state index < -0.39 is 0 Å². The zero-order valence-corrected chi connectivity index (χ0v) is 17.3. The lowest BCUT2D eigenvalue weighted by Gasteiger charge is -2.11. The minimum absolute atomic E-state index is 0.111. The van der Waals surface area contributed by atoms with Crippen LogP contribution in [0.2, 0.25) is 0 Å². The van der Waals surface area contributed by atoms with E-state index in [1.54, 1.807) is 24.3 Å². The molecule has 1 aliphatic heterocycles. The van der Waals surface area contributed by atoms with Crippen LogP contribution < -0.4 is 20.7 Å². The molecular weight excluding hydrogens is 382 g/mol. The minimum atomic E-state index is -0.170. The third kappa shape index (κ3) is 6.77. The number of carbonyl (C=O) groups excluding carboxylic acids is 2. The summed E-state index contributed by atoms with van der Waals surface area (Å²) < 4.78 is 11.0. The molecule has 1 heterocycles. The summed E-state index contributed by atoms with van der Waals surface area (Å²) in [6, 6.07) is 14.3. The van der Waals surface area contributed by atoms with Gasteiger partial charge >= 0.3 is 0 Å². The Labute approximate surface area is 177 Å². The van der Waals surface area contributed by atoms with Crippen LogP contribution in [0.25, 0.3) is 0 Å². The Kier molecular flexibility index (Phi) is 8.09. The zero-order valence-electron chi connectivity index (χ0n) is 17.3. The van der Waals surface area contributed by atoms with Gasteiger partial charge in [0.2, 0.25) is 5.91 Å². The fraction of sp³-hybridized carbons (Fsp3) is 0.391. The molecule has 30 heavy (non-hydrogen) atoms. The van der Waals surface area contributed by atoms with E-state index in [1.807, 2.05) is 24.3 Å². The molecule has 1 saturated heterocycles. The Morgan fingerprint density at radius 3 is 2.47 bits per heavy atom. The van der Waals surface area contributed by atoms with E-state index in [1.165, 1.54) is 0 Å². The maximum atomic E-state index is 12.2. The molecule has 0 spiro atoms. The van der Waals surface area contributed by atoms with Gasteiger partial charge < -0.3 is 25.4 Å². The summed E-state index contributed by atoms with van der Waals surface area (Å²) in [5.74, 6) is 0.500. The van der Waals surface area contributed by atoms with Gasteiger partial charge in [-0.3, -0.25) is 9.59 Å². The van der Waals surface area contributed by atoms with Gasteiger partial charge in [-0.05, 0) is 67.8 Å². The molecule has 2 aromatic carbocycles. The number of hydrogen-bond acceptors (Lipinski definition) is 5. The molecule has 160 valence electrons. The molecule has 2 amide bonds. The Morgan fingerprint density at radius 1 is 1.07 bits per heavy atom. The number of carbonyl (C=O) groups is 2. The van der Waals surface area contributed by atoms with Crippen molar-refractivity contribution in [3.05, 3.63) is 54.1 Å². The fourth-order valence-corrected chi connectivity index (χ4v) is 3.10. The van der Waals surface area contributed by atoms with Crippen molar-refractivity contribution in [2.75, 3.05) is 36.9 Å². The number of ether oxygens (including phenoxy) is 2. The van der Waals surface area contributed by atoms with Gasteiger partial charge in [-0.15, -0.1) is 0 Å². The minimum Gasteiger partial charge on any atom is -0.494 e. The van der Waals surface area contributed by atoms with E-state index in [9.17, 15) is 9.59 Å². The van der Waals surface area contributed by atoms with Crippen LogP contribution in [0.1, 0.15) is 36.5 Å². The third-order valence-electron chi connectivity index (χ3n) is 4.73. The molecule has 1 atom stereocenters. The van der Waals surface area contributed by atoms with Gasteiger partial charge in [-0.2, -0.15) is 0 Å². The largest absolute Gasteiger partial charge is 0.494 e. The molecule has 0 aliphatic carbocycles. The van der Waals surface area contributed by atoms with E-state index in [0.717, 1.165) is 37.3 Å². The molecule has 7 nitrogen and oxygen atoms in total. The molecule has 1 aliphatic rings. The SMILES string of the molecule is CCCOc1ccc(NCC(=O)Nc2ccc(C(=O)NCC3CCCO3)cc2)cc1. The summed E-state index contributed by atoms with van der Waals surface area (Å²) in [4.78, 5) is 24.4. The van der Waals surface area contributed by atoms with Crippen molar-refractivity contribution in [2.24, 2.45) is 0 Å². The van der Waals surface area contributed by atoms with Crippen molar-refractivity contribution in [2.45, 2.75) is 32.3 Å². The molecule has 2 aromatic rings. The fourth-order valence-electron chi connectivity index (χ4n) is 3.10. The highest BCUT2D eigenvalue weighted by atomic mass is 16.5. The van der Waals surface area contributed by atoms with Gasteiger partial charge in [0.25, 0.3) is 5.91 Å². The lowest BCUT2D eigenvalue weighted by Crippen LogP contribution is -2.31. The molecule has 1 fully saturated rings. The highest BCUT2D eigenvalue weighted by Crippen LogP contribution is 2.16. The van der Waals surface area contributed by atoms with Gasteiger partial charge in [0, 0.05) is 30.1 Å². The Bertz CT molecular complexity index is 815. The Balaban J connectivity index is 1.40. The molecule has 7 heteroatoms. The van der Waals surface area contributed by atoms with Gasteiger partial charge in [0.1, 0.15) is 5.75 Å². The highest BCUT2D eigenvalue weighted by molar-refractivity contribution is 5.96. The van der Waals surface area contributed by atoms with Crippen LogP contribution in [0.5, 0.6) is 5.75 Å². The Hall–Kier alpha value is -3.06. The van der Waals surface area contributed by atoms with Crippen molar-refractivity contribution in [3.63, 3.8) is 0 Å². The van der Waals surface area contributed by atoms with Crippen molar-refractivity contribution >= 4 is 23.2 Å². The van der Waals surface area contributed by atoms with Crippen LogP contribution in [0.4, 0.5) is 11.4 Å². The van der Waals surface area contributed by atoms with E-state index in [4.69, 9.17) is 9.47 Å². The zero-order chi connectivity index (χ0) is 21.2. The first-order valence-corrected chi connectivity index (χ1v) is 10.4. The Morgan fingerprint density at radius 2 is 1.80 bits per heavy atom. The van der Waals surface area contributed by atoms with Crippen molar-refractivity contribution in [1.29, 1.82) is 0 Å².